The maximum atomic E-state index is 12.6. The Hall–Kier alpha value is -4.08. The van der Waals surface area contributed by atoms with E-state index in [0.29, 0.717) is 42.0 Å². The molecule has 1 aliphatic rings. The average molecular weight is 454 g/mol. The number of anilines is 1. The second-order valence-corrected chi connectivity index (χ2v) is 7.20. The van der Waals surface area contributed by atoms with Crippen LogP contribution in [0.2, 0.25) is 0 Å². The zero-order valence-electron chi connectivity index (χ0n) is 18.7. The Balaban J connectivity index is 1.97. The number of H-pyrrole nitrogens is 1. The minimum Gasteiger partial charge on any atom is -0.479 e. The molecule has 4 N–H and O–H groups in total. The summed E-state index contributed by atoms with van der Waals surface area (Å²) in [6.07, 6.45) is 2.42. The number of nitrogen functional groups attached to an aromatic ring is 1. The number of hydrazone groups is 1. The molecule has 33 heavy (non-hydrogen) atoms. The van der Waals surface area contributed by atoms with Gasteiger partial charge in [-0.3, -0.25) is 9.59 Å². The standard InChI is InChI=1S/C23H26N4O6/c1-4-33-22-16(12-19(28)31-2)20(23(30)32-3)18(25-22)11-15-17(26-27-21(15)29)10-7-13-5-8-14(24)9-6-13/h5-6,8-9,11,25H,4,7,10,12,24H2,1-3H3,(H,27,29)/b15-11+. The van der Waals surface area contributed by atoms with Gasteiger partial charge < -0.3 is 24.9 Å². The molecule has 2 heterocycles. The third-order valence-corrected chi connectivity index (χ3v) is 5.09. The van der Waals surface area contributed by atoms with Crippen LogP contribution < -0.4 is 15.9 Å². The highest BCUT2D eigenvalue weighted by Gasteiger charge is 2.29. The van der Waals surface area contributed by atoms with Gasteiger partial charge >= 0.3 is 11.9 Å². The van der Waals surface area contributed by atoms with Crippen molar-refractivity contribution in [3.63, 3.8) is 0 Å². The molecule has 1 aliphatic heterocycles. The SMILES string of the molecule is CCOc1[nH]c(/C=C2/C(=O)NN=C2CCc2ccc(N)cc2)c(C(=O)OC)c1CC(=O)OC. The monoisotopic (exact) mass is 454 g/mol. The second kappa shape index (κ2) is 10.5. The van der Waals surface area contributed by atoms with Gasteiger partial charge in [0.2, 0.25) is 0 Å². The Kier molecular flexibility index (Phi) is 7.50. The minimum absolute atomic E-state index is 0.0939. The number of esters is 2. The number of aromatic amines is 1. The summed E-state index contributed by atoms with van der Waals surface area (Å²) < 4.78 is 15.3. The van der Waals surface area contributed by atoms with Gasteiger partial charge in [0, 0.05) is 11.3 Å². The molecule has 1 aromatic carbocycles. The molecule has 0 saturated heterocycles. The third-order valence-electron chi connectivity index (χ3n) is 5.09. The van der Waals surface area contributed by atoms with Crippen LogP contribution in [0.4, 0.5) is 5.69 Å². The highest BCUT2D eigenvalue weighted by atomic mass is 16.5. The Morgan fingerprint density at radius 3 is 2.48 bits per heavy atom. The molecular weight excluding hydrogens is 428 g/mol. The van der Waals surface area contributed by atoms with Gasteiger partial charge in [0.15, 0.2) is 5.88 Å². The van der Waals surface area contributed by atoms with Crippen molar-refractivity contribution >= 4 is 35.3 Å². The number of ether oxygens (including phenoxy) is 3. The van der Waals surface area contributed by atoms with E-state index in [2.05, 4.69) is 15.5 Å². The van der Waals surface area contributed by atoms with Crippen LogP contribution in [0.15, 0.2) is 34.9 Å². The number of nitrogens with zero attached hydrogens (tertiary/aromatic N) is 1. The minimum atomic E-state index is -0.679. The summed E-state index contributed by atoms with van der Waals surface area (Å²) in [4.78, 5) is 40.0. The van der Waals surface area contributed by atoms with Crippen molar-refractivity contribution in [3.8, 4) is 5.88 Å². The van der Waals surface area contributed by atoms with Crippen molar-refractivity contribution in [3.05, 3.63) is 52.2 Å². The number of nitrogens with two attached hydrogens (primary N) is 1. The van der Waals surface area contributed by atoms with Crippen molar-refractivity contribution in [1.82, 2.24) is 10.4 Å². The summed E-state index contributed by atoms with van der Waals surface area (Å²) in [6, 6.07) is 7.45. The molecule has 1 aromatic heterocycles. The summed E-state index contributed by atoms with van der Waals surface area (Å²) in [5.74, 6) is -1.40. The van der Waals surface area contributed by atoms with Crippen LogP contribution >= 0.6 is 0 Å². The lowest BCUT2D eigenvalue weighted by Gasteiger charge is -2.06. The van der Waals surface area contributed by atoms with E-state index in [1.807, 2.05) is 24.3 Å². The Bertz CT molecular complexity index is 1110. The molecule has 174 valence electrons. The molecule has 0 bridgehead atoms. The molecule has 0 atom stereocenters. The Labute approximate surface area is 190 Å². The number of hydrogen-bond acceptors (Lipinski definition) is 8. The molecule has 0 saturated carbocycles. The lowest BCUT2D eigenvalue weighted by molar-refractivity contribution is -0.139. The van der Waals surface area contributed by atoms with Crippen molar-refractivity contribution in [1.29, 1.82) is 0 Å². The number of hydrogen-bond donors (Lipinski definition) is 3. The molecule has 10 heteroatoms. The highest BCUT2D eigenvalue weighted by molar-refractivity contribution is 6.27. The summed E-state index contributed by atoms with van der Waals surface area (Å²) in [7, 11) is 2.49. The van der Waals surface area contributed by atoms with Crippen LogP contribution in [-0.2, 0) is 31.9 Å². The van der Waals surface area contributed by atoms with E-state index in [0.717, 1.165) is 5.56 Å². The Morgan fingerprint density at radius 2 is 1.85 bits per heavy atom. The van der Waals surface area contributed by atoms with Gasteiger partial charge in [-0.2, -0.15) is 5.10 Å². The molecule has 0 unspecified atom stereocenters. The van der Waals surface area contributed by atoms with Gasteiger partial charge in [0.05, 0.1) is 49.8 Å². The summed E-state index contributed by atoms with van der Waals surface area (Å²) >= 11 is 0. The fourth-order valence-corrected chi connectivity index (χ4v) is 3.43. The molecule has 0 radical (unpaired) electrons. The van der Waals surface area contributed by atoms with Gasteiger partial charge in [0.1, 0.15) is 0 Å². The third kappa shape index (κ3) is 5.40. The van der Waals surface area contributed by atoms with Crippen molar-refractivity contribution in [2.45, 2.75) is 26.2 Å². The number of aromatic nitrogens is 1. The quantitative estimate of drug-likeness (QED) is 0.298. The van der Waals surface area contributed by atoms with Gasteiger partial charge in [-0.05, 0) is 43.5 Å². The number of rotatable bonds is 9. The normalized spacial score (nSPS) is 14.1. The number of methoxy groups -OCH3 is 2. The second-order valence-electron chi connectivity index (χ2n) is 7.20. The van der Waals surface area contributed by atoms with Crippen molar-refractivity contribution in [2.24, 2.45) is 5.10 Å². The fraction of sp³-hybridized carbons (Fsp3) is 0.304. The molecular formula is C23H26N4O6. The first kappa shape index (κ1) is 23.6. The predicted octanol–water partition coefficient (Wildman–Crippen LogP) is 2.00. The fourth-order valence-electron chi connectivity index (χ4n) is 3.43. The molecule has 10 nitrogen and oxygen atoms in total. The van der Waals surface area contributed by atoms with Crippen LogP contribution in [0.1, 0.15) is 40.5 Å². The van der Waals surface area contributed by atoms with Gasteiger partial charge in [0.25, 0.3) is 5.91 Å². The van der Waals surface area contributed by atoms with Crippen LogP contribution in [0, 0.1) is 0 Å². The van der Waals surface area contributed by atoms with E-state index in [9.17, 15) is 14.4 Å². The predicted molar refractivity (Wildman–Crippen MR) is 122 cm³/mol. The van der Waals surface area contributed by atoms with Gasteiger partial charge in [-0.25, -0.2) is 10.2 Å². The van der Waals surface area contributed by atoms with Crippen LogP contribution in [-0.4, -0.2) is 49.4 Å². The van der Waals surface area contributed by atoms with Crippen LogP contribution in [0.25, 0.3) is 6.08 Å². The van der Waals surface area contributed by atoms with Crippen LogP contribution in [0.3, 0.4) is 0 Å². The lowest BCUT2D eigenvalue weighted by Crippen LogP contribution is -2.14. The van der Waals surface area contributed by atoms with E-state index in [1.165, 1.54) is 20.3 Å². The van der Waals surface area contributed by atoms with Crippen LogP contribution in [0.5, 0.6) is 5.88 Å². The summed E-state index contributed by atoms with van der Waals surface area (Å²) in [6.45, 7) is 2.06. The zero-order chi connectivity index (χ0) is 24.0. The molecule has 2 aromatic rings. The number of benzene rings is 1. The first-order valence-corrected chi connectivity index (χ1v) is 10.3. The van der Waals surface area contributed by atoms with E-state index in [1.54, 1.807) is 6.92 Å². The van der Waals surface area contributed by atoms with Gasteiger partial charge in [-0.1, -0.05) is 12.1 Å². The highest BCUT2D eigenvalue weighted by Crippen LogP contribution is 2.30. The first-order valence-electron chi connectivity index (χ1n) is 10.3. The average Bonchev–Trinajstić information content (AvgIpc) is 3.33. The number of carbonyl (C=O) groups is 3. The maximum absolute atomic E-state index is 12.6. The first-order chi connectivity index (χ1) is 15.9. The summed E-state index contributed by atoms with van der Waals surface area (Å²) in [5.41, 5.74) is 11.4. The summed E-state index contributed by atoms with van der Waals surface area (Å²) in [5, 5.41) is 4.14. The smallest absolute Gasteiger partial charge is 0.340 e. The van der Waals surface area contributed by atoms with E-state index in [-0.39, 0.29) is 23.6 Å². The lowest BCUT2D eigenvalue weighted by atomic mass is 10.00. The number of aryl methyl sites for hydroxylation is 1. The molecule has 0 spiro atoms. The number of amides is 1. The van der Waals surface area contributed by atoms with Crippen molar-refractivity contribution < 1.29 is 28.6 Å². The number of nitrogens with one attached hydrogen (secondary N) is 2. The Morgan fingerprint density at radius 1 is 1.12 bits per heavy atom. The van der Waals surface area contributed by atoms with E-state index in [4.69, 9.17) is 19.9 Å². The zero-order valence-corrected chi connectivity index (χ0v) is 18.7. The molecule has 1 amide bonds. The van der Waals surface area contributed by atoms with E-state index < -0.39 is 17.8 Å². The maximum Gasteiger partial charge on any atom is 0.340 e. The topological polar surface area (TPSA) is 145 Å². The largest absolute Gasteiger partial charge is 0.479 e. The van der Waals surface area contributed by atoms with Gasteiger partial charge in [-0.15, -0.1) is 0 Å². The molecule has 3 rings (SSSR count). The van der Waals surface area contributed by atoms with E-state index >= 15 is 0 Å². The molecule has 0 aliphatic carbocycles. The molecule has 0 fully saturated rings. The number of carbonyl (C=O) groups excluding carboxylic acids is 3. The van der Waals surface area contributed by atoms with Crippen molar-refractivity contribution in [2.75, 3.05) is 26.6 Å².